The van der Waals surface area contributed by atoms with E-state index in [1.165, 1.54) is 12.1 Å². The van der Waals surface area contributed by atoms with Gasteiger partial charge >= 0.3 is 5.97 Å². The van der Waals surface area contributed by atoms with Crippen LogP contribution in [0, 0.1) is 0 Å². The minimum atomic E-state index is -0.960. The molecule has 106 valence electrons. The molecule has 19 heavy (non-hydrogen) atoms. The number of hydrogen-bond acceptors (Lipinski definition) is 4. The molecule has 1 heterocycles. The van der Waals surface area contributed by atoms with E-state index in [4.69, 9.17) is 27.9 Å². The predicted molar refractivity (Wildman–Crippen MR) is 73.8 cm³/mol. The fourth-order valence-corrected chi connectivity index (χ4v) is 2.29. The Balaban J connectivity index is 2.90. The van der Waals surface area contributed by atoms with E-state index in [0.29, 0.717) is 18.7 Å². The van der Waals surface area contributed by atoms with Gasteiger partial charge in [-0.05, 0) is 31.2 Å². The van der Waals surface area contributed by atoms with Gasteiger partial charge in [-0.1, -0.05) is 23.2 Å². The van der Waals surface area contributed by atoms with Crippen LogP contribution in [0.3, 0.4) is 0 Å². The van der Waals surface area contributed by atoms with Crippen LogP contribution in [0.2, 0.25) is 10.3 Å². The second kappa shape index (κ2) is 7.65. The van der Waals surface area contributed by atoms with E-state index < -0.39 is 12.0 Å². The molecular weight excluding hydrogens is 291 g/mol. The lowest BCUT2D eigenvalue weighted by Crippen LogP contribution is -2.32. The van der Waals surface area contributed by atoms with Gasteiger partial charge in [-0.2, -0.15) is 0 Å². The van der Waals surface area contributed by atoms with Gasteiger partial charge in [-0.15, -0.1) is 0 Å². The first-order valence-corrected chi connectivity index (χ1v) is 6.46. The maximum atomic E-state index is 11.4. The summed E-state index contributed by atoms with van der Waals surface area (Å²) in [6, 6.07) is 2.22. The molecule has 0 radical (unpaired) electrons. The number of nitrogens with zero attached hydrogens (tertiary/aromatic N) is 2. The number of likely N-dealkylation sites (N-methyl/N-ethyl adjacent to an activating group) is 1. The normalized spacial score (nSPS) is 12.7. The molecule has 0 aliphatic rings. The van der Waals surface area contributed by atoms with Crippen LogP contribution in [0.4, 0.5) is 0 Å². The zero-order valence-electron chi connectivity index (χ0n) is 10.8. The summed E-state index contributed by atoms with van der Waals surface area (Å²) < 4.78 is 4.95. The van der Waals surface area contributed by atoms with Crippen LogP contribution < -0.4 is 0 Å². The Kier molecular flexibility index (Phi) is 6.51. The number of ether oxygens (including phenoxy) is 1. The molecule has 1 N–H and O–H groups in total. The van der Waals surface area contributed by atoms with E-state index in [1.807, 2.05) is 0 Å². The largest absolute Gasteiger partial charge is 0.480 e. The van der Waals surface area contributed by atoms with Gasteiger partial charge < -0.3 is 9.84 Å². The highest BCUT2D eigenvalue weighted by Gasteiger charge is 2.25. The van der Waals surface area contributed by atoms with Crippen LogP contribution in [0.15, 0.2) is 12.1 Å². The van der Waals surface area contributed by atoms with Crippen molar-refractivity contribution in [3.63, 3.8) is 0 Å². The van der Waals surface area contributed by atoms with E-state index in [-0.39, 0.29) is 10.3 Å². The summed E-state index contributed by atoms with van der Waals surface area (Å²) in [5, 5.41) is 9.72. The third-order valence-corrected chi connectivity index (χ3v) is 3.02. The molecule has 0 saturated heterocycles. The zero-order chi connectivity index (χ0) is 14.4. The Morgan fingerprint density at radius 2 is 2.05 bits per heavy atom. The number of carboxylic acids is 1. The Morgan fingerprint density at radius 3 is 2.53 bits per heavy atom. The van der Waals surface area contributed by atoms with Crippen molar-refractivity contribution in [2.24, 2.45) is 0 Å². The zero-order valence-corrected chi connectivity index (χ0v) is 12.3. The summed E-state index contributed by atoms with van der Waals surface area (Å²) in [5.74, 6) is -0.960. The summed E-state index contributed by atoms with van der Waals surface area (Å²) in [6.07, 6.45) is 0.739. The molecule has 0 aliphatic heterocycles. The van der Waals surface area contributed by atoms with Crippen molar-refractivity contribution in [3.05, 3.63) is 28.0 Å². The van der Waals surface area contributed by atoms with Crippen LogP contribution in [0.5, 0.6) is 0 Å². The Hall–Kier alpha value is -0.880. The van der Waals surface area contributed by atoms with Crippen molar-refractivity contribution < 1.29 is 14.6 Å². The average molecular weight is 307 g/mol. The first-order chi connectivity index (χ1) is 8.95. The molecule has 0 aromatic carbocycles. The highest BCUT2D eigenvalue weighted by atomic mass is 35.5. The van der Waals surface area contributed by atoms with Gasteiger partial charge in [0.15, 0.2) is 0 Å². The van der Waals surface area contributed by atoms with Crippen molar-refractivity contribution in [2.75, 3.05) is 27.3 Å². The van der Waals surface area contributed by atoms with Crippen LogP contribution in [-0.2, 0) is 9.53 Å². The number of halogens is 2. The van der Waals surface area contributed by atoms with Crippen molar-refractivity contribution in [1.82, 2.24) is 9.88 Å². The molecule has 1 rings (SSSR count). The molecule has 0 spiro atoms. The molecule has 0 bridgehead atoms. The lowest BCUT2D eigenvalue weighted by molar-refractivity contribution is -0.143. The predicted octanol–water partition coefficient (Wildman–Crippen LogP) is 2.48. The first kappa shape index (κ1) is 16.2. The molecule has 1 aromatic heterocycles. The molecule has 1 unspecified atom stereocenters. The minimum absolute atomic E-state index is 0.180. The lowest BCUT2D eigenvalue weighted by Gasteiger charge is -2.25. The molecule has 0 aliphatic carbocycles. The number of methoxy groups -OCH3 is 1. The van der Waals surface area contributed by atoms with E-state index in [9.17, 15) is 9.90 Å². The molecular formula is C12H16Cl2N2O3. The number of aliphatic carboxylic acids is 1. The monoisotopic (exact) mass is 306 g/mol. The standard InChI is InChI=1S/C12H16Cl2N2O3/c1-16(4-3-5-19-2)11(12(17)18)8-6-9(13)15-10(14)7-8/h6-7,11H,3-5H2,1-2H3,(H,17,18). The van der Waals surface area contributed by atoms with E-state index in [0.717, 1.165) is 6.42 Å². The lowest BCUT2D eigenvalue weighted by atomic mass is 10.1. The van der Waals surface area contributed by atoms with Crippen molar-refractivity contribution in [3.8, 4) is 0 Å². The fourth-order valence-electron chi connectivity index (χ4n) is 1.81. The molecule has 7 heteroatoms. The van der Waals surface area contributed by atoms with Crippen molar-refractivity contribution in [1.29, 1.82) is 0 Å². The number of pyridine rings is 1. The SMILES string of the molecule is COCCCN(C)C(C(=O)O)c1cc(Cl)nc(Cl)c1. The third kappa shape index (κ3) is 4.95. The first-order valence-electron chi connectivity index (χ1n) is 5.70. The summed E-state index contributed by atoms with van der Waals surface area (Å²) in [6.45, 7) is 1.16. The minimum Gasteiger partial charge on any atom is -0.480 e. The Morgan fingerprint density at radius 1 is 1.47 bits per heavy atom. The second-order valence-corrected chi connectivity index (χ2v) is 4.89. The molecule has 0 amide bonds. The second-order valence-electron chi connectivity index (χ2n) is 4.11. The number of carbonyl (C=O) groups is 1. The van der Waals surface area contributed by atoms with Gasteiger partial charge in [0.05, 0.1) is 0 Å². The molecule has 1 atom stereocenters. The van der Waals surface area contributed by atoms with E-state index in [2.05, 4.69) is 4.98 Å². The summed E-state index contributed by atoms with van der Waals surface area (Å²) in [5.41, 5.74) is 0.511. The van der Waals surface area contributed by atoms with Crippen LogP contribution in [-0.4, -0.2) is 48.3 Å². The molecule has 0 saturated carbocycles. The summed E-state index contributed by atoms with van der Waals surface area (Å²) >= 11 is 11.6. The third-order valence-electron chi connectivity index (χ3n) is 2.63. The van der Waals surface area contributed by atoms with Gasteiger partial charge in [-0.3, -0.25) is 9.69 Å². The number of hydrogen-bond donors (Lipinski definition) is 1. The highest BCUT2D eigenvalue weighted by molar-refractivity contribution is 6.32. The Labute approximate surface area is 122 Å². The quantitative estimate of drug-likeness (QED) is 0.619. The summed E-state index contributed by atoms with van der Waals surface area (Å²) in [7, 11) is 3.34. The van der Waals surface area contributed by atoms with Crippen LogP contribution >= 0.6 is 23.2 Å². The van der Waals surface area contributed by atoms with E-state index in [1.54, 1.807) is 19.1 Å². The molecule has 0 fully saturated rings. The van der Waals surface area contributed by atoms with Gasteiger partial charge in [-0.25, -0.2) is 4.98 Å². The smallest absolute Gasteiger partial charge is 0.325 e. The number of rotatable bonds is 7. The number of carboxylic acid groups (broad SMARTS) is 1. The van der Waals surface area contributed by atoms with Crippen LogP contribution in [0.25, 0.3) is 0 Å². The number of aromatic nitrogens is 1. The van der Waals surface area contributed by atoms with Gasteiger partial charge in [0.1, 0.15) is 16.3 Å². The summed E-state index contributed by atoms with van der Waals surface area (Å²) in [4.78, 5) is 16.9. The fraction of sp³-hybridized carbons (Fsp3) is 0.500. The van der Waals surface area contributed by atoms with Gasteiger partial charge in [0, 0.05) is 20.3 Å². The Bertz CT molecular complexity index is 423. The van der Waals surface area contributed by atoms with Gasteiger partial charge in [0.25, 0.3) is 0 Å². The molecule has 5 nitrogen and oxygen atoms in total. The van der Waals surface area contributed by atoms with Crippen LogP contribution in [0.1, 0.15) is 18.0 Å². The maximum Gasteiger partial charge on any atom is 0.325 e. The topological polar surface area (TPSA) is 62.7 Å². The maximum absolute atomic E-state index is 11.4. The highest BCUT2D eigenvalue weighted by Crippen LogP contribution is 2.24. The van der Waals surface area contributed by atoms with Crippen molar-refractivity contribution in [2.45, 2.75) is 12.5 Å². The van der Waals surface area contributed by atoms with Crippen molar-refractivity contribution >= 4 is 29.2 Å². The average Bonchev–Trinajstić information content (AvgIpc) is 2.27. The molecule has 1 aromatic rings. The van der Waals surface area contributed by atoms with E-state index >= 15 is 0 Å². The van der Waals surface area contributed by atoms with Gasteiger partial charge in [0.2, 0.25) is 0 Å².